The molecule has 0 atom stereocenters. The number of rotatable bonds is 4. The Hall–Kier alpha value is -1.56. The molecular weight excluding hydrogens is 420 g/mol. The first-order chi connectivity index (χ1) is 13.4. The molecule has 0 aliphatic rings. The van der Waals surface area contributed by atoms with E-state index < -0.39 is 0 Å². The van der Waals surface area contributed by atoms with E-state index in [4.69, 9.17) is 11.6 Å². The summed E-state index contributed by atoms with van der Waals surface area (Å²) in [6.07, 6.45) is 0. The van der Waals surface area contributed by atoms with Gasteiger partial charge in [-0.15, -0.1) is 10.2 Å². The van der Waals surface area contributed by atoms with Crippen molar-refractivity contribution in [2.75, 3.05) is 0 Å². The first kappa shape index (κ1) is 22.1. The van der Waals surface area contributed by atoms with E-state index in [1.54, 1.807) is 23.1 Å². The van der Waals surface area contributed by atoms with Crippen molar-refractivity contribution in [1.29, 1.82) is 0 Å². The molecule has 0 aliphatic heterocycles. The highest BCUT2D eigenvalue weighted by Gasteiger charge is 2.27. The van der Waals surface area contributed by atoms with E-state index in [0.29, 0.717) is 5.75 Å². The van der Waals surface area contributed by atoms with Crippen LogP contribution in [-0.2, 0) is 16.6 Å². The molecule has 3 aromatic rings. The summed E-state index contributed by atoms with van der Waals surface area (Å²) in [6.45, 7) is 12.7. The smallest absolute Gasteiger partial charge is 0.174 e. The highest BCUT2D eigenvalue weighted by molar-refractivity contribution is 8.00. The minimum atomic E-state index is -0.170. The molecule has 0 aliphatic carbocycles. The Labute approximate surface area is 186 Å². The molecule has 0 saturated heterocycles. The van der Waals surface area contributed by atoms with Crippen LogP contribution in [0.2, 0.25) is 5.02 Å². The SMILES string of the molecule is CC(C)(C)c1cc(-c2nnc(SCc3ccc(Cl)cc3)s2)cc(C(C)(C)C)c1O. The van der Waals surface area contributed by atoms with Crippen LogP contribution < -0.4 is 0 Å². The predicted octanol–water partition coefficient (Wildman–Crippen LogP) is 7.45. The third kappa shape index (κ3) is 5.33. The van der Waals surface area contributed by atoms with E-state index in [-0.39, 0.29) is 10.8 Å². The van der Waals surface area contributed by atoms with Gasteiger partial charge in [0, 0.05) is 27.5 Å². The van der Waals surface area contributed by atoms with E-state index in [9.17, 15) is 5.11 Å². The number of thioether (sulfide) groups is 1. The van der Waals surface area contributed by atoms with Gasteiger partial charge in [0.15, 0.2) is 4.34 Å². The van der Waals surface area contributed by atoms with E-state index in [0.717, 1.165) is 36.8 Å². The van der Waals surface area contributed by atoms with Crippen molar-refractivity contribution in [3.63, 3.8) is 0 Å². The lowest BCUT2D eigenvalue weighted by Crippen LogP contribution is -2.17. The van der Waals surface area contributed by atoms with Crippen LogP contribution >= 0.6 is 34.7 Å². The normalized spacial score (nSPS) is 12.4. The third-order valence-electron chi connectivity index (χ3n) is 4.65. The first-order valence-electron chi connectivity index (χ1n) is 9.54. The number of aromatic hydroxyl groups is 1. The molecular formula is C23H27ClN2OS2. The molecule has 3 rings (SSSR count). The van der Waals surface area contributed by atoms with Crippen LogP contribution in [0.1, 0.15) is 58.2 Å². The fraction of sp³-hybridized carbons (Fsp3) is 0.391. The Bertz CT molecular complexity index is 964. The minimum Gasteiger partial charge on any atom is -0.507 e. The highest BCUT2D eigenvalue weighted by Crippen LogP contribution is 2.43. The third-order valence-corrected chi connectivity index (χ3v) is 7.08. The quantitative estimate of drug-likeness (QED) is 0.422. The molecule has 0 unspecified atom stereocenters. The predicted molar refractivity (Wildman–Crippen MR) is 125 cm³/mol. The van der Waals surface area contributed by atoms with Crippen molar-refractivity contribution in [3.8, 4) is 16.3 Å². The molecule has 0 saturated carbocycles. The van der Waals surface area contributed by atoms with E-state index in [1.807, 2.05) is 24.3 Å². The molecule has 0 radical (unpaired) electrons. The number of benzene rings is 2. The number of aromatic nitrogens is 2. The number of nitrogens with zero attached hydrogens (tertiary/aromatic N) is 2. The Morgan fingerprint density at radius 2 is 1.48 bits per heavy atom. The van der Waals surface area contributed by atoms with Crippen LogP contribution in [0.3, 0.4) is 0 Å². The fourth-order valence-electron chi connectivity index (χ4n) is 3.01. The molecule has 29 heavy (non-hydrogen) atoms. The second kappa shape index (κ2) is 8.29. The molecule has 1 aromatic heterocycles. The van der Waals surface area contributed by atoms with Gasteiger partial charge < -0.3 is 5.11 Å². The Morgan fingerprint density at radius 1 is 0.931 bits per heavy atom. The molecule has 1 heterocycles. The molecule has 1 N–H and O–H groups in total. The van der Waals surface area contributed by atoms with Gasteiger partial charge in [0.25, 0.3) is 0 Å². The number of hydrogen-bond donors (Lipinski definition) is 1. The topological polar surface area (TPSA) is 46.0 Å². The van der Waals surface area contributed by atoms with Gasteiger partial charge in [-0.3, -0.25) is 0 Å². The summed E-state index contributed by atoms with van der Waals surface area (Å²) in [5.41, 5.74) is 3.74. The van der Waals surface area contributed by atoms with Crippen molar-refractivity contribution < 1.29 is 5.11 Å². The molecule has 0 amide bonds. The number of hydrogen-bond acceptors (Lipinski definition) is 5. The zero-order valence-electron chi connectivity index (χ0n) is 17.7. The zero-order chi connectivity index (χ0) is 21.4. The van der Waals surface area contributed by atoms with E-state index in [1.165, 1.54) is 5.56 Å². The summed E-state index contributed by atoms with van der Waals surface area (Å²) in [7, 11) is 0. The van der Waals surface area contributed by atoms with Crippen molar-refractivity contribution in [2.45, 2.75) is 62.5 Å². The lowest BCUT2D eigenvalue weighted by molar-refractivity contribution is 0.423. The van der Waals surface area contributed by atoms with Gasteiger partial charge >= 0.3 is 0 Å². The molecule has 0 bridgehead atoms. The molecule has 154 valence electrons. The van der Waals surface area contributed by atoms with Crippen molar-refractivity contribution in [2.24, 2.45) is 0 Å². The highest BCUT2D eigenvalue weighted by atomic mass is 35.5. The molecule has 0 fully saturated rings. The second-order valence-electron chi connectivity index (χ2n) is 9.21. The van der Waals surface area contributed by atoms with E-state index in [2.05, 4.69) is 63.9 Å². The van der Waals surface area contributed by atoms with Crippen molar-refractivity contribution in [1.82, 2.24) is 10.2 Å². The van der Waals surface area contributed by atoms with Gasteiger partial charge in [-0.05, 0) is 40.7 Å². The fourth-order valence-corrected chi connectivity index (χ4v) is 4.93. The van der Waals surface area contributed by atoms with Gasteiger partial charge in [-0.2, -0.15) is 0 Å². The van der Waals surface area contributed by atoms with Gasteiger partial charge in [0.2, 0.25) is 0 Å². The Kier molecular flexibility index (Phi) is 6.32. The van der Waals surface area contributed by atoms with Crippen LogP contribution in [0.25, 0.3) is 10.6 Å². The van der Waals surface area contributed by atoms with Crippen LogP contribution in [-0.4, -0.2) is 15.3 Å². The maximum atomic E-state index is 10.9. The summed E-state index contributed by atoms with van der Waals surface area (Å²) >= 11 is 9.21. The molecule has 3 nitrogen and oxygen atoms in total. The van der Waals surface area contributed by atoms with Crippen LogP contribution in [0.4, 0.5) is 0 Å². The lowest BCUT2D eigenvalue weighted by atomic mass is 9.78. The van der Waals surface area contributed by atoms with Crippen molar-refractivity contribution in [3.05, 3.63) is 58.1 Å². The lowest BCUT2D eigenvalue weighted by Gasteiger charge is -2.27. The Morgan fingerprint density at radius 3 is 2.00 bits per heavy atom. The van der Waals surface area contributed by atoms with Crippen LogP contribution in [0, 0.1) is 0 Å². The van der Waals surface area contributed by atoms with Gasteiger partial charge in [0.05, 0.1) is 0 Å². The maximum Gasteiger partial charge on any atom is 0.174 e. The average molecular weight is 447 g/mol. The zero-order valence-corrected chi connectivity index (χ0v) is 20.1. The monoisotopic (exact) mass is 446 g/mol. The maximum absolute atomic E-state index is 10.9. The van der Waals surface area contributed by atoms with Gasteiger partial charge in [-0.25, -0.2) is 0 Å². The van der Waals surface area contributed by atoms with Gasteiger partial charge in [0.1, 0.15) is 10.8 Å². The Balaban J connectivity index is 1.91. The number of phenols is 1. The summed E-state index contributed by atoms with van der Waals surface area (Å²) in [5.74, 6) is 1.21. The summed E-state index contributed by atoms with van der Waals surface area (Å²) in [4.78, 5) is 0. The van der Waals surface area contributed by atoms with Gasteiger partial charge in [-0.1, -0.05) is 88.4 Å². The molecule has 2 aromatic carbocycles. The van der Waals surface area contributed by atoms with Crippen molar-refractivity contribution >= 4 is 34.7 Å². The largest absolute Gasteiger partial charge is 0.507 e. The van der Waals surface area contributed by atoms with Crippen LogP contribution in [0.15, 0.2) is 40.7 Å². The van der Waals surface area contributed by atoms with E-state index >= 15 is 0 Å². The second-order valence-corrected chi connectivity index (χ2v) is 11.8. The number of phenolic OH excluding ortho intramolecular Hbond substituents is 1. The summed E-state index contributed by atoms with van der Waals surface area (Å²) in [5, 5.41) is 21.3. The molecule has 6 heteroatoms. The summed E-state index contributed by atoms with van der Waals surface area (Å²) < 4.78 is 0.928. The molecule has 0 spiro atoms. The number of halogens is 1. The average Bonchev–Trinajstić information content (AvgIpc) is 3.08. The minimum absolute atomic E-state index is 0.170. The summed E-state index contributed by atoms with van der Waals surface area (Å²) in [6, 6.07) is 12.0. The standard InChI is InChI=1S/C23H27ClN2OS2/c1-22(2,3)17-11-15(12-18(19(17)27)23(4,5)6)20-25-26-21(29-20)28-13-14-7-9-16(24)10-8-14/h7-12,27H,13H2,1-6H3. The van der Waals surface area contributed by atoms with Crippen LogP contribution in [0.5, 0.6) is 5.75 Å². The first-order valence-corrected chi connectivity index (χ1v) is 11.7.